The first-order chi connectivity index (χ1) is 13.0. The highest BCUT2D eigenvalue weighted by atomic mass is 16.4. The molecule has 3 N–H and O–H groups in total. The van der Waals surface area contributed by atoms with E-state index in [9.17, 15) is 14.9 Å². The molecule has 0 atom stereocenters. The van der Waals surface area contributed by atoms with E-state index in [2.05, 4.69) is 15.6 Å². The number of aromatic carboxylic acids is 1. The van der Waals surface area contributed by atoms with E-state index in [1.807, 2.05) is 41.3 Å². The third-order valence-electron chi connectivity index (χ3n) is 4.36. The van der Waals surface area contributed by atoms with Crippen molar-refractivity contribution in [1.29, 1.82) is 5.26 Å². The van der Waals surface area contributed by atoms with Crippen LogP contribution in [0, 0.1) is 18.3 Å². The summed E-state index contributed by atoms with van der Waals surface area (Å²) in [4.78, 5) is 29.3. The Morgan fingerprint density at radius 1 is 1.33 bits per heavy atom. The number of carbonyl (C=O) groups excluding carboxylic acids is 1. The molecule has 0 radical (unpaired) electrons. The molecule has 8 heteroatoms. The molecule has 1 aromatic heterocycles. The molecule has 3 rings (SSSR count). The van der Waals surface area contributed by atoms with Gasteiger partial charge in [0.05, 0.1) is 22.9 Å². The second kappa shape index (κ2) is 7.74. The third kappa shape index (κ3) is 4.15. The summed E-state index contributed by atoms with van der Waals surface area (Å²) in [7, 11) is 0. The first-order valence-corrected chi connectivity index (χ1v) is 8.46. The molecule has 8 nitrogen and oxygen atoms in total. The zero-order valence-electron chi connectivity index (χ0n) is 14.8. The second-order valence-electron chi connectivity index (χ2n) is 6.32. The average molecular weight is 365 g/mol. The molecule has 0 saturated carbocycles. The Kier molecular flexibility index (Phi) is 5.22. The molecule has 2 aromatic rings. The minimum absolute atomic E-state index is 0.0192. The van der Waals surface area contributed by atoms with Crippen molar-refractivity contribution in [2.75, 3.05) is 18.0 Å². The molecule has 1 aliphatic heterocycles. The molecular formula is C19H19N5O3. The van der Waals surface area contributed by atoms with Gasteiger partial charge in [0, 0.05) is 19.6 Å². The molecule has 1 aliphatic rings. The van der Waals surface area contributed by atoms with Crippen LogP contribution in [0.5, 0.6) is 0 Å². The number of urea groups is 1. The van der Waals surface area contributed by atoms with E-state index in [1.165, 1.54) is 6.07 Å². The normalized spacial score (nSPS) is 13.4. The van der Waals surface area contributed by atoms with Gasteiger partial charge in [0.25, 0.3) is 0 Å². The zero-order chi connectivity index (χ0) is 19.4. The summed E-state index contributed by atoms with van der Waals surface area (Å²) in [6, 6.07) is 12.6. The van der Waals surface area contributed by atoms with Crippen molar-refractivity contribution in [2.45, 2.75) is 19.5 Å². The molecule has 1 aromatic carbocycles. The van der Waals surface area contributed by atoms with E-state index in [-0.39, 0.29) is 23.2 Å². The van der Waals surface area contributed by atoms with Crippen LogP contribution in [0.4, 0.5) is 10.6 Å². The molecule has 2 heterocycles. The largest absolute Gasteiger partial charge is 0.478 e. The summed E-state index contributed by atoms with van der Waals surface area (Å²) >= 11 is 0. The number of pyridine rings is 1. The van der Waals surface area contributed by atoms with E-state index in [0.717, 1.165) is 5.56 Å². The van der Waals surface area contributed by atoms with Crippen molar-refractivity contribution in [3.8, 4) is 6.07 Å². The zero-order valence-corrected chi connectivity index (χ0v) is 14.8. The lowest BCUT2D eigenvalue weighted by Crippen LogP contribution is -2.61. The summed E-state index contributed by atoms with van der Waals surface area (Å²) < 4.78 is 0. The topological polar surface area (TPSA) is 118 Å². The minimum atomic E-state index is -1.11. The van der Waals surface area contributed by atoms with E-state index in [1.54, 1.807) is 6.92 Å². The Bertz CT molecular complexity index is 902. The lowest BCUT2D eigenvalue weighted by Gasteiger charge is -2.40. The molecule has 1 fully saturated rings. The average Bonchev–Trinajstić information content (AvgIpc) is 2.63. The molecular weight excluding hydrogens is 346 g/mol. The maximum Gasteiger partial charge on any atom is 0.337 e. The molecule has 0 bridgehead atoms. The number of nitrogens with one attached hydrogen (secondary N) is 2. The predicted molar refractivity (Wildman–Crippen MR) is 98.5 cm³/mol. The number of carboxylic acid groups (broad SMARTS) is 1. The van der Waals surface area contributed by atoms with Crippen molar-refractivity contribution < 1.29 is 14.7 Å². The van der Waals surface area contributed by atoms with Crippen LogP contribution in [-0.4, -0.2) is 41.2 Å². The van der Waals surface area contributed by atoms with E-state index in [0.29, 0.717) is 31.1 Å². The third-order valence-corrected chi connectivity index (χ3v) is 4.36. The van der Waals surface area contributed by atoms with E-state index in [4.69, 9.17) is 5.11 Å². The molecule has 2 amide bonds. The smallest absolute Gasteiger partial charge is 0.337 e. The van der Waals surface area contributed by atoms with Gasteiger partial charge in [-0.3, -0.25) is 0 Å². The van der Waals surface area contributed by atoms with Crippen LogP contribution in [0.3, 0.4) is 0 Å². The van der Waals surface area contributed by atoms with Gasteiger partial charge in [-0.25, -0.2) is 14.6 Å². The highest BCUT2D eigenvalue weighted by Crippen LogP contribution is 2.25. The monoisotopic (exact) mass is 365 g/mol. The van der Waals surface area contributed by atoms with Gasteiger partial charge in [0.2, 0.25) is 0 Å². The number of amides is 2. The fraction of sp³-hybridized carbons (Fsp3) is 0.263. The number of hydrogen-bond acceptors (Lipinski definition) is 5. The summed E-state index contributed by atoms with van der Waals surface area (Å²) in [6.45, 7) is 3.05. The number of rotatable bonds is 5. The van der Waals surface area contributed by atoms with Crippen molar-refractivity contribution in [1.82, 2.24) is 15.6 Å². The van der Waals surface area contributed by atoms with Crippen molar-refractivity contribution in [3.05, 3.63) is 58.8 Å². The Labute approximate surface area is 156 Å². The number of nitriles is 1. The summed E-state index contributed by atoms with van der Waals surface area (Å²) in [5.41, 5.74) is 1.60. The van der Waals surface area contributed by atoms with E-state index >= 15 is 0 Å². The molecule has 1 saturated heterocycles. The van der Waals surface area contributed by atoms with Crippen molar-refractivity contribution in [2.24, 2.45) is 0 Å². The highest BCUT2D eigenvalue weighted by molar-refractivity contribution is 5.90. The summed E-state index contributed by atoms with van der Waals surface area (Å²) in [5, 5.41) is 24.1. The predicted octanol–water partition coefficient (Wildman–Crippen LogP) is 1.65. The van der Waals surface area contributed by atoms with Crippen LogP contribution in [0.1, 0.15) is 27.2 Å². The number of carbonyl (C=O) groups is 2. The Balaban J connectivity index is 1.55. The van der Waals surface area contributed by atoms with Crippen LogP contribution >= 0.6 is 0 Å². The lowest BCUT2D eigenvalue weighted by molar-refractivity contribution is 0.0695. The number of aromatic nitrogens is 1. The molecule has 0 aliphatic carbocycles. The Hall–Kier alpha value is -3.60. The second-order valence-corrected chi connectivity index (χ2v) is 6.32. The number of hydrogen-bond donors (Lipinski definition) is 3. The fourth-order valence-electron chi connectivity index (χ4n) is 2.89. The maximum atomic E-state index is 12.0. The van der Waals surface area contributed by atoms with Crippen LogP contribution in [0.15, 0.2) is 36.4 Å². The molecule has 0 unspecified atom stereocenters. The van der Waals surface area contributed by atoms with Crippen molar-refractivity contribution >= 4 is 17.8 Å². The summed E-state index contributed by atoms with van der Waals surface area (Å²) in [6.07, 6.45) is 0. The van der Waals surface area contributed by atoms with Gasteiger partial charge in [0.1, 0.15) is 11.9 Å². The number of aryl methyl sites for hydroxylation is 1. The van der Waals surface area contributed by atoms with E-state index < -0.39 is 5.97 Å². The SMILES string of the molecule is Cc1nc(N2CC(NC(=O)NCc3ccccc3)C2)c(C#N)cc1C(=O)O. The van der Waals surface area contributed by atoms with Gasteiger partial charge >= 0.3 is 12.0 Å². The number of carboxylic acids is 1. The van der Waals surface area contributed by atoms with Gasteiger partial charge in [-0.1, -0.05) is 30.3 Å². The highest BCUT2D eigenvalue weighted by Gasteiger charge is 2.31. The quantitative estimate of drug-likeness (QED) is 0.741. The van der Waals surface area contributed by atoms with Gasteiger partial charge in [0.15, 0.2) is 0 Å². The maximum absolute atomic E-state index is 12.0. The van der Waals surface area contributed by atoms with Crippen LogP contribution in [-0.2, 0) is 6.54 Å². The summed E-state index contributed by atoms with van der Waals surface area (Å²) in [5.74, 6) is -0.663. The standard InChI is InChI=1S/C19H19N5O3/c1-12-16(18(25)26)7-14(8-20)17(22-12)24-10-15(11-24)23-19(27)21-9-13-5-3-2-4-6-13/h2-7,15H,9-11H2,1H3,(H,25,26)(H2,21,23,27). The van der Waals surface area contributed by atoms with Crippen molar-refractivity contribution in [3.63, 3.8) is 0 Å². The number of nitrogens with zero attached hydrogens (tertiary/aromatic N) is 3. The van der Waals surface area contributed by atoms with Crippen LogP contribution in [0.2, 0.25) is 0 Å². The molecule has 0 spiro atoms. The fourth-order valence-corrected chi connectivity index (χ4v) is 2.89. The lowest BCUT2D eigenvalue weighted by atomic mass is 10.1. The van der Waals surface area contributed by atoms with Gasteiger partial charge in [-0.2, -0.15) is 5.26 Å². The number of anilines is 1. The molecule has 138 valence electrons. The first kappa shape index (κ1) is 18.2. The first-order valence-electron chi connectivity index (χ1n) is 8.46. The Morgan fingerprint density at radius 3 is 2.67 bits per heavy atom. The minimum Gasteiger partial charge on any atom is -0.478 e. The molecule has 27 heavy (non-hydrogen) atoms. The number of benzene rings is 1. The van der Waals surface area contributed by atoms with Gasteiger partial charge < -0.3 is 20.6 Å². The van der Waals surface area contributed by atoms with Gasteiger partial charge in [-0.05, 0) is 18.6 Å². The van der Waals surface area contributed by atoms with Crippen LogP contribution < -0.4 is 15.5 Å². The van der Waals surface area contributed by atoms with Gasteiger partial charge in [-0.15, -0.1) is 0 Å². The Morgan fingerprint density at radius 2 is 2.04 bits per heavy atom. The van der Waals surface area contributed by atoms with Crippen LogP contribution in [0.25, 0.3) is 0 Å².